The monoisotopic (exact) mass is 300 g/mol. The third-order valence-electron chi connectivity index (χ3n) is 4.64. The second-order valence-electron chi connectivity index (χ2n) is 6.71. The highest BCUT2D eigenvalue weighted by Crippen LogP contribution is 2.36. The van der Waals surface area contributed by atoms with Gasteiger partial charge in [-0.2, -0.15) is 4.68 Å². The molecule has 1 fully saturated rings. The molecule has 7 heteroatoms. The molecule has 1 aliphatic heterocycles. The maximum atomic E-state index is 6.03. The summed E-state index contributed by atoms with van der Waals surface area (Å²) < 4.78 is 13.8. The van der Waals surface area contributed by atoms with Crippen LogP contribution in [0.3, 0.4) is 0 Å². The lowest BCUT2D eigenvalue weighted by Crippen LogP contribution is -2.41. The molecule has 116 valence electrons. The van der Waals surface area contributed by atoms with Gasteiger partial charge in [-0.1, -0.05) is 11.3 Å². The topological polar surface area (TPSA) is 62.1 Å². The van der Waals surface area contributed by atoms with Crippen LogP contribution in [0.2, 0.25) is 0 Å². The van der Waals surface area contributed by atoms with Crippen LogP contribution in [0.15, 0.2) is 18.3 Å². The van der Waals surface area contributed by atoms with Crippen LogP contribution in [0, 0.1) is 13.8 Å². The van der Waals surface area contributed by atoms with Gasteiger partial charge in [0.05, 0.1) is 22.6 Å². The van der Waals surface area contributed by atoms with Gasteiger partial charge in [0.25, 0.3) is 0 Å². The van der Waals surface area contributed by atoms with Crippen LogP contribution < -0.4 is 5.46 Å². The zero-order valence-electron chi connectivity index (χ0n) is 13.9. The molecule has 0 spiro atoms. The van der Waals surface area contributed by atoms with E-state index in [1.807, 2.05) is 53.7 Å². The molecule has 3 heterocycles. The summed E-state index contributed by atoms with van der Waals surface area (Å²) in [5.74, 6) is 0.735. The third kappa shape index (κ3) is 2.34. The maximum absolute atomic E-state index is 6.03. The summed E-state index contributed by atoms with van der Waals surface area (Å²) in [6.07, 6.45) is 1.77. The molecule has 0 amide bonds. The first-order valence-corrected chi connectivity index (χ1v) is 7.42. The van der Waals surface area contributed by atoms with Gasteiger partial charge in [0.15, 0.2) is 5.82 Å². The Kier molecular flexibility index (Phi) is 3.38. The Balaban J connectivity index is 1.86. The van der Waals surface area contributed by atoms with Crippen molar-refractivity contribution in [2.45, 2.75) is 52.7 Å². The summed E-state index contributed by atoms with van der Waals surface area (Å²) in [7, 11) is -0.398. The molecule has 0 radical (unpaired) electrons. The lowest BCUT2D eigenvalue weighted by atomic mass is 9.80. The maximum Gasteiger partial charge on any atom is 0.496 e. The normalized spacial score (nSPS) is 19.6. The van der Waals surface area contributed by atoms with Crippen molar-refractivity contribution in [1.29, 1.82) is 0 Å². The van der Waals surface area contributed by atoms with Crippen molar-refractivity contribution in [2.24, 2.45) is 0 Å². The lowest BCUT2D eigenvalue weighted by Gasteiger charge is -2.32. The molecule has 0 saturated carbocycles. The predicted octanol–water partition coefficient (Wildman–Crippen LogP) is 1.58. The number of rotatable bonds is 2. The highest BCUT2D eigenvalue weighted by Gasteiger charge is 2.51. The smallest absolute Gasteiger partial charge is 0.399 e. The molecule has 22 heavy (non-hydrogen) atoms. The second kappa shape index (κ2) is 4.89. The molecular formula is C15H21BN4O2. The fourth-order valence-corrected chi connectivity index (χ4v) is 2.26. The van der Waals surface area contributed by atoms with Gasteiger partial charge < -0.3 is 9.31 Å². The van der Waals surface area contributed by atoms with Crippen molar-refractivity contribution in [3.63, 3.8) is 0 Å². The van der Waals surface area contributed by atoms with E-state index >= 15 is 0 Å². The Morgan fingerprint density at radius 2 is 1.68 bits per heavy atom. The van der Waals surface area contributed by atoms with Crippen molar-refractivity contribution in [3.05, 3.63) is 29.7 Å². The molecule has 3 rings (SSSR count). The Bertz CT molecular complexity index is 678. The Labute approximate surface area is 131 Å². The van der Waals surface area contributed by atoms with Crippen LogP contribution in [-0.2, 0) is 9.31 Å². The van der Waals surface area contributed by atoms with Crippen LogP contribution >= 0.6 is 0 Å². The Morgan fingerprint density at radius 3 is 2.14 bits per heavy atom. The molecule has 2 aromatic rings. The number of pyridine rings is 1. The number of aromatic nitrogens is 4. The summed E-state index contributed by atoms with van der Waals surface area (Å²) in [5.41, 5.74) is 2.08. The number of hydrogen-bond donors (Lipinski definition) is 0. The summed E-state index contributed by atoms with van der Waals surface area (Å²) in [6.45, 7) is 12.1. The van der Waals surface area contributed by atoms with Crippen LogP contribution in [-0.4, -0.2) is 38.3 Å². The molecule has 2 aromatic heterocycles. The molecule has 0 N–H and O–H groups in total. The first kappa shape index (κ1) is 15.2. The zero-order valence-corrected chi connectivity index (χ0v) is 13.9. The molecule has 0 unspecified atom stereocenters. The van der Waals surface area contributed by atoms with E-state index in [0.717, 1.165) is 22.7 Å². The molecule has 1 saturated heterocycles. The van der Waals surface area contributed by atoms with Crippen LogP contribution in [0.4, 0.5) is 0 Å². The van der Waals surface area contributed by atoms with E-state index in [4.69, 9.17) is 9.31 Å². The zero-order chi connectivity index (χ0) is 16.1. The first-order chi connectivity index (χ1) is 10.2. The average Bonchev–Trinajstić information content (AvgIpc) is 2.88. The van der Waals surface area contributed by atoms with E-state index in [2.05, 4.69) is 15.3 Å². The van der Waals surface area contributed by atoms with Gasteiger partial charge >= 0.3 is 7.12 Å². The minimum atomic E-state index is -0.398. The fourth-order valence-electron chi connectivity index (χ4n) is 2.26. The SMILES string of the molecule is Cc1nnn(-c2ccc(B3OC(C)(C)C(C)(C)O3)cn2)c1C. The molecule has 0 bridgehead atoms. The van der Waals surface area contributed by atoms with Gasteiger partial charge in [-0.15, -0.1) is 5.10 Å². The molecule has 0 aromatic carbocycles. The quantitative estimate of drug-likeness (QED) is 0.788. The number of hydrogen-bond acceptors (Lipinski definition) is 5. The average molecular weight is 300 g/mol. The third-order valence-corrected chi connectivity index (χ3v) is 4.64. The van der Waals surface area contributed by atoms with Crippen molar-refractivity contribution in [3.8, 4) is 5.82 Å². The van der Waals surface area contributed by atoms with E-state index < -0.39 is 7.12 Å². The number of nitrogens with zero attached hydrogens (tertiary/aromatic N) is 4. The van der Waals surface area contributed by atoms with Gasteiger partial charge in [-0.25, -0.2) is 4.98 Å². The largest absolute Gasteiger partial charge is 0.496 e. The van der Waals surface area contributed by atoms with Crippen LogP contribution in [0.5, 0.6) is 0 Å². The first-order valence-electron chi connectivity index (χ1n) is 7.42. The standard InChI is InChI=1S/C15H21BN4O2/c1-10-11(2)20(19-18-10)13-8-7-12(9-17-13)16-21-14(3,4)15(5,6)22-16/h7-9H,1-6H3. The minimum Gasteiger partial charge on any atom is -0.399 e. The van der Waals surface area contributed by atoms with Crippen LogP contribution in [0.25, 0.3) is 5.82 Å². The van der Waals surface area contributed by atoms with Crippen molar-refractivity contribution < 1.29 is 9.31 Å². The van der Waals surface area contributed by atoms with E-state index in [-0.39, 0.29) is 11.2 Å². The summed E-state index contributed by atoms with van der Waals surface area (Å²) in [6, 6.07) is 3.86. The minimum absolute atomic E-state index is 0.351. The Hall–Kier alpha value is -1.73. The van der Waals surface area contributed by atoms with E-state index in [0.29, 0.717) is 0 Å². The van der Waals surface area contributed by atoms with E-state index in [9.17, 15) is 0 Å². The highest BCUT2D eigenvalue weighted by molar-refractivity contribution is 6.62. The molecule has 1 aliphatic rings. The molecule has 0 aliphatic carbocycles. The Morgan fingerprint density at radius 1 is 1.05 bits per heavy atom. The van der Waals surface area contributed by atoms with Crippen LogP contribution in [0.1, 0.15) is 39.1 Å². The van der Waals surface area contributed by atoms with Gasteiger partial charge in [-0.3, -0.25) is 0 Å². The number of aryl methyl sites for hydroxylation is 1. The predicted molar refractivity (Wildman–Crippen MR) is 84.3 cm³/mol. The van der Waals surface area contributed by atoms with Gasteiger partial charge in [0.1, 0.15) is 0 Å². The van der Waals surface area contributed by atoms with Crippen molar-refractivity contribution in [2.75, 3.05) is 0 Å². The summed E-state index contributed by atoms with van der Waals surface area (Å²) >= 11 is 0. The van der Waals surface area contributed by atoms with Gasteiger partial charge in [0.2, 0.25) is 0 Å². The van der Waals surface area contributed by atoms with Gasteiger partial charge in [-0.05, 0) is 47.6 Å². The molecular weight excluding hydrogens is 279 g/mol. The van der Waals surface area contributed by atoms with Crippen molar-refractivity contribution in [1.82, 2.24) is 20.0 Å². The van der Waals surface area contributed by atoms with E-state index in [1.165, 1.54) is 0 Å². The molecule has 0 atom stereocenters. The van der Waals surface area contributed by atoms with Crippen molar-refractivity contribution >= 4 is 12.6 Å². The lowest BCUT2D eigenvalue weighted by molar-refractivity contribution is 0.00578. The fraction of sp³-hybridized carbons (Fsp3) is 0.533. The van der Waals surface area contributed by atoms with Gasteiger partial charge in [0, 0.05) is 11.7 Å². The second-order valence-corrected chi connectivity index (χ2v) is 6.71. The summed E-state index contributed by atoms with van der Waals surface area (Å²) in [5, 5.41) is 8.15. The molecule has 6 nitrogen and oxygen atoms in total. The van der Waals surface area contributed by atoms with E-state index in [1.54, 1.807) is 10.9 Å². The highest BCUT2D eigenvalue weighted by atomic mass is 16.7. The summed E-state index contributed by atoms with van der Waals surface area (Å²) in [4.78, 5) is 4.46.